The Morgan fingerprint density at radius 2 is 2.00 bits per heavy atom. The highest BCUT2D eigenvalue weighted by Crippen LogP contribution is 2.24. The summed E-state index contributed by atoms with van der Waals surface area (Å²) in [6.45, 7) is 2.05. The minimum Gasteiger partial charge on any atom is -0.399 e. The van der Waals surface area contributed by atoms with Gasteiger partial charge in [0.25, 0.3) is 0 Å². The second kappa shape index (κ2) is 4.13. The molecule has 0 aromatic heterocycles. The van der Waals surface area contributed by atoms with Gasteiger partial charge in [0.1, 0.15) is 5.83 Å². The molecule has 14 heavy (non-hydrogen) atoms. The van der Waals surface area contributed by atoms with Crippen LogP contribution >= 0.6 is 0 Å². The number of hydrogen-bond acceptors (Lipinski definition) is 2. The molecule has 1 saturated heterocycles. The van der Waals surface area contributed by atoms with Gasteiger partial charge in [-0.2, -0.15) is 0 Å². The Morgan fingerprint density at radius 3 is 2.64 bits per heavy atom. The van der Waals surface area contributed by atoms with Crippen molar-refractivity contribution in [2.45, 2.75) is 31.7 Å². The fourth-order valence-electron chi connectivity index (χ4n) is 2.23. The van der Waals surface area contributed by atoms with E-state index >= 15 is 0 Å². The average Bonchev–Trinajstić information content (AvgIpc) is 2.19. The van der Waals surface area contributed by atoms with Crippen LogP contribution in [0.3, 0.4) is 0 Å². The third-order valence-electron chi connectivity index (χ3n) is 3.03. The zero-order chi connectivity index (χ0) is 9.97. The van der Waals surface area contributed by atoms with Crippen LogP contribution in [0, 0.1) is 0 Å². The topological polar surface area (TPSA) is 29.3 Å². The standard InChI is InChI=1S/C11H17FN2/c12-10-8-9(13)4-5-11(10)14-6-2-1-3-7-14/h4,8,11H,1-3,5-7,13H2. The molecule has 3 heteroatoms. The number of rotatable bonds is 1. The molecule has 1 aliphatic heterocycles. The number of nitrogens with two attached hydrogens (primary N) is 1. The van der Waals surface area contributed by atoms with Gasteiger partial charge >= 0.3 is 0 Å². The molecule has 2 rings (SSSR count). The SMILES string of the molecule is NC1=CCC(N2CCCCC2)C(F)=C1. The zero-order valence-electron chi connectivity index (χ0n) is 8.38. The summed E-state index contributed by atoms with van der Waals surface area (Å²) in [6.07, 6.45) is 7.79. The van der Waals surface area contributed by atoms with Crippen molar-refractivity contribution in [1.82, 2.24) is 4.90 Å². The molecule has 1 atom stereocenters. The number of allylic oxidation sites excluding steroid dienone is 1. The van der Waals surface area contributed by atoms with E-state index in [1.165, 1.54) is 25.3 Å². The van der Waals surface area contributed by atoms with Gasteiger partial charge in [0.05, 0.1) is 6.04 Å². The van der Waals surface area contributed by atoms with Gasteiger partial charge in [0, 0.05) is 5.70 Å². The highest BCUT2D eigenvalue weighted by Gasteiger charge is 2.25. The number of likely N-dealkylation sites (tertiary alicyclic amines) is 1. The van der Waals surface area contributed by atoms with Crippen molar-refractivity contribution in [3.05, 3.63) is 23.7 Å². The summed E-state index contributed by atoms with van der Waals surface area (Å²) < 4.78 is 13.6. The smallest absolute Gasteiger partial charge is 0.119 e. The molecular formula is C11H17FN2. The van der Waals surface area contributed by atoms with Gasteiger partial charge in [-0.15, -0.1) is 0 Å². The van der Waals surface area contributed by atoms with E-state index in [0.717, 1.165) is 19.5 Å². The number of piperidine rings is 1. The molecule has 0 radical (unpaired) electrons. The molecule has 1 aliphatic carbocycles. The molecule has 78 valence electrons. The first kappa shape index (κ1) is 9.71. The van der Waals surface area contributed by atoms with Crippen LogP contribution in [0.1, 0.15) is 25.7 Å². The van der Waals surface area contributed by atoms with Crippen molar-refractivity contribution in [1.29, 1.82) is 0 Å². The Morgan fingerprint density at radius 1 is 1.29 bits per heavy atom. The lowest BCUT2D eigenvalue weighted by Gasteiger charge is -2.34. The Bertz CT molecular complexity index is 264. The van der Waals surface area contributed by atoms with Crippen LogP contribution in [-0.4, -0.2) is 24.0 Å². The highest BCUT2D eigenvalue weighted by molar-refractivity contribution is 5.26. The van der Waals surface area contributed by atoms with Crippen LogP contribution in [0.2, 0.25) is 0 Å². The van der Waals surface area contributed by atoms with E-state index < -0.39 is 0 Å². The summed E-state index contributed by atoms with van der Waals surface area (Å²) in [5, 5.41) is 0. The summed E-state index contributed by atoms with van der Waals surface area (Å²) >= 11 is 0. The van der Waals surface area contributed by atoms with E-state index in [9.17, 15) is 4.39 Å². The Balaban J connectivity index is 2.02. The molecule has 2 aliphatic rings. The molecule has 0 amide bonds. The van der Waals surface area contributed by atoms with Gasteiger partial charge in [0.15, 0.2) is 0 Å². The average molecular weight is 196 g/mol. The van der Waals surface area contributed by atoms with Crippen LogP contribution in [-0.2, 0) is 0 Å². The minimum absolute atomic E-state index is 0.0393. The van der Waals surface area contributed by atoms with E-state index in [4.69, 9.17) is 5.73 Å². The monoisotopic (exact) mass is 196 g/mol. The second-order valence-electron chi connectivity index (χ2n) is 4.08. The van der Waals surface area contributed by atoms with E-state index in [2.05, 4.69) is 4.90 Å². The quantitative estimate of drug-likeness (QED) is 0.694. The third kappa shape index (κ3) is 1.98. The number of halogens is 1. The maximum atomic E-state index is 13.6. The Labute approximate surface area is 84.3 Å². The third-order valence-corrected chi connectivity index (χ3v) is 3.03. The summed E-state index contributed by atoms with van der Waals surface area (Å²) in [7, 11) is 0. The maximum absolute atomic E-state index is 13.6. The van der Waals surface area contributed by atoms with E-state index in [1.807, 2.05) is 6.08 Å². The van der Waals surface area contributed by atoms with E-state index in [-0.39, 0.29) is 11.9 Å². The summed E-state index contributed by atoms with van der Waals surface area (Å²) in [4.78, 5) is 2.23. The fourth-order valence-corrected chi connectivity index (χ4v) is 2.23. The van der Waals surface area contributed by atoms with Crippen LogP contribution in [0.5, 0.6) is 0 Å². The van der Waals surface area contributed by atoms with Gasteiger partial charge in [0.2, 0.25) is 0 Å². The van der Waals surface area contributed by atoms with Crippen molar-refractivity contribution in [2.75, 3.05) is 13.1 Å². The molecule has 0 spiro atoms. The molecule has 0 aromatic rings. The Kier molecular flexibility index (Phi) is 2.87. The first-order valence-corrected chi connectivity index (χ1v) is 5.34. The molecule has 1 fully saturated rings. The molecule has 2 nitrogen and oxygen atoms in total. The number of hydrogen-bond donors (Lipinski definition) is 1. The fraction of sp³-hybridized carbons (Fsp3) is 0.636. The van der Waals surface area contributed by atoms with Crippen molar-refractivity contribution in [3.63, 3.8) is 0 Å². The van der Waals surface area contributed by atoms with Gasteiger partial charge in [-0.25, -0.2) is 4.39 Å². The van der Waals surface area contributed by atoms with Gasteiger partial charge in [-0.1, -0.05) is 12.5 Å². The van der Waals surface area contributed by atoms with Gasteiger partial charge in [-0.05, 0) is 38.4 Å². The van der Waals surface area contributed by atoms with Crippen LogP contribution in [0.25, 0.3) is 0 Å². The largest absolute Gasteiger partial charge is 0.399 e. The molecular weight excluding hydrogens is 179 g/mol. The predicted octanol–water partition coefficient (Wildman–Crippen LogP) is 1.94. The van der Waals surface area contributed by atoms with Crippen molar-refractivity contribution in [2.24, 2.45) is 5.73 Å². The lowest BCUT2D eigenvalue weighted by molar-refractivity contribution is 0.166. The predicted molar refractivity (Wildman–Crippen MR) is 55.3 cm³/mol. The normalized spacial score (nSPS) is 29.6. The van der Waals surface area contributed by atoms with Crippen LogP contribution < -0.4 is 5.73 Å². The molecule has 1 heterocycles. The zero-order valence-corrected chi connectivity index (χ0v) is 8.38. The lowest BCUT2D eigenvalue weighted by atomic mass is 10.0. The van der Waals surface area contributed by atoms with Gasteiger partial charge in [-0.3, -0.25) is 4.90 Å². The highest BCUT2D eigenvalue weighted by atomic mass is 19.1. The second-order valence-corrected chi connectivity index (χ2v) is 4.08. The molecule has 0 aromatic carbocycles. The molecule has 0 saturated carbocycles. The number of nitrogens with zero attached hydrogens (tertiary/aromatic N) is 1. The minimum atomic E-state index is -0.0631. The van der Waals surface area contributed by atoms with E-state index in [1.54, 1.807) is 0 Å². The first-order valence-electron chi connectivity index (χ1n) is 5.34. The van der Waals surface area contributed by atoms with Crippen LogP contribution in [0.15, 0.2) is 23.7 Å². The molecule has 0 bridgehead atoms. The van der Waals surface area contributed by atoms with Crippen molar-refractivity contribution in [3.8, 4) is 0 Å². The first-order chi connectivity index (χ1) is 6.77. The van der Waals surface area contributed by atoms with Crippen molar-refractivity contribution >= 4 is 0 Å². The maximum Gasteiger partial charge on any atom is 0.119 e. The summed E-state index contributed by atoms with van der Waals surface area (Å²) in [6, 6.07) is -0.0393. The summed E-state index contributed by atoms with van der Waals surface area (Å²) in [5.74, 6) is -0.0631. The van der Waals surface area contributed by atoms with Crippen molar-refractivity contribution < 1.29 is 4.39 Å². The lowest BCUT2D eigenvalue weighted by Crippen LogP contribution is -2.40. The summed E-state index contributed by atoms with van der Waals surface area (Å²) in [5.41, 5.74) is 6.11. The molecule has 1 unspecified atom stereocenters. The molecule has 2 N–H and O–H groups in total. The van der Waals surface area contributed by atoms with E-state index in [0.29, 0.717) is 5.70 Å². The van der Waals surface area contributed by atoms with Crippen LogP contribution in [0.4, 0.5) is 4.39 Å². The van der Waals surface area contributed by atoms with Gasteiger partial charge < -0.3 is 5.73 Å². The Hall–Kier alpha value is -0.830.